The minimum Gasteiger partial charge on any atom is -0.507 e. The Morgan fingerprint density at radius 2 is 1.61 bits per heavy atom. The quantitative estimate of drug-likeness (QED) is 0.418. The third-order valence-electron chi connectivity index (χ3n) is 6.55. The molecule has 2 aromatic rings. The van der Waals surface area contributed by atoms with Crippen LogP contribution >= 0.6 is 0 Å². The molecule has 2 aliphatic heterocycles. The summed E-state index contributed by atoms with van der Waals surface area (Å²) in [7, 11) is 0. The van der Waals surface area contributed by atoms with Crippen LogP contribution in [0.4, 0.5) is 0 Å². The molecule has 33 heavy (non-hydrogen) atoms. The summed E-state index contributed by atoms with van der Waals surface area (Å²) in [5.41, 5.74) is 2.70. The molecule has 2 heterocycles. The summed E-state index contributed by atoms with van der Waals surface area (Å²) >= 11 is 0. The van der Waals surface area contributed by atoms with Crippen molar-refractivity contribution in [2.75, 3.05) is 39.3 Å². The topological polar surface area (TPSA) is 72.9 Å². The molecule has 4 rings (SSSR count). The highest BCUT2D eigenvalue weighted by Crippen LogP contribution is 2.39. The van der Waals surface area contributed by atoms with E-state index in [1.165, 1.54) is 5.56 Å². The van der Waals surface area contributed by atoms with E-state index in [0.29, 0.717) is 18.7 Å². The van der Waals surface area contributed by atoms with Gasteiger partial charge in [0.1, 0.15) is 5.76 Å². The van der Waals surface area contributed by atoms with Crippen LogP contribution in [0.3, 0.4) is 0 Å². The maximum Gasteiger partial charge on any atom is 0.295 e. The zero-order chi connectivity index (χ0) is 23.6. The molecule has 1 atom stereocenters. The smallest absolute Gasteiger partial charge is 0.295 e. The maximum atomic E-state index is 13.2. The van der Waals surface area contributed by atoms with Gasteiger partial charge in [0.2, 0.25) is 0 Å². The summed E-state index contributed by atoms with van der Waals surface area (Å²) in [6.07, 6.45) is 0. The number of likely N-dealkylation sites (tertiary alicyclic amines) is 1. The number of benzene rings is 2. The molecule has 6 heteroatoms. The second kappa shape index (κ2) is 9.49. The van der Waals surface area contributed by atoms with Crippen molar-refractivity contribution in [1.82, 2.24) is 15.1 Å². The van der Waals surface area contributed by atoms with E-state index < -0.39 is 17.7 Å². The van der Waals surface area contributed by atoms with Crippen molar-refractivity contribution >= 4 is 17.4 Å². The average Bonchev–Trinajstić information content (AvgIpc) is 3.08. The predicted molar refractivity (Wildman–Crippen MR) is 130 cm³/mol. The second-order valence-corrected chi connectivity index (χ2v) is 9.82. The van der Waals surface area contributed by atoms with Crippen LogP contribution in [0.25, 0.3) is 5.76 Å². The molecular weight excluding hydrogens is 414 g/mol. The standard InChI is InChI=1S/C27H33N3O3/c1-27(2,3)21-11-9-19(10-12-21)23-22(24(31)20-7-5-4-6-8-20)25(32)26(33)30(23)18-17-29-15-13-28-14-16-29/h4-12,23,28,31H,13-18H2,1-3H3/t23-/m1/s1. The first-order chi connectivity index (χ1) is 15.8. The molecule has 0 radical (unpaired) electrons. The number of rotatable bonds is 5. The van der Waals surface area contributed by atoms with Gasteiger partial charge in [-0.05, 0) is 16.5 Å². The van der Waals surface area contributed by atoms with Gasteiger partial charge in [0, 0.05) is 44.8 Å². The number of amides is 1. The molecule has 174 valence electrons. The van der Waals surface area contributed by atoms with E-state index in [-0.39, 0.29) is 16.7 Å². The largest absolute Gasteiger partial charge is 0.507 e. The van der Waals surface area contributed by atoms with Gasteiger partial charge in [-0.2, -0.15) is 0 Å². The molecule has 2 fully saturated rings. The third kappa shape index (κ3) is 4.87. The number of aliphatic hydroxyl groups excluding tert-OH is 1. The van der Waals surface area contributed by atoms with E-state index in [0.717, 1.165) is 31.7 Å². The summed E-state index contributed by atoms with van der Waals surface area (Å²) in [6.45, 7) is 11.2. The summed E-state index contributed by atoms with van der Waals surface area (Å²) in [5, 5.41) is 14.5. The predicted octanol–water partition coefficient (Wildman–Crippen LogP) is 3.31. The van der Waals surface area contributed by atoms with Gasteiger partial charge in [-0.1, -0.05) is 75.4 Å². The number of carbonyl (C=O) groups excluding carboxylic acids is 2. The fourth-order valence-corrected chi connectivity index (χ4v) is 4.56. The fourth-order valence-electron chi connectivity index (χ4n) is 4.56. The lowest BCUT2D eigenvalue weighted by Gasteiger charge is -2.31. The van der Waals surface area contributed by atoms with Crippen molar-refractivity contribution in [3.63, 3.8) is 0 Å². The van der Waals surface area contributed by atoms with Crippen LogP contribution in [-0.4, -0.2) is 65.9 Å². The molecule has 0 bridgehead atoms. The number of Topliss-reactive ketones (excluding diaryl/α,β-unsaturated/α-hetero) is 1. The number of ketones is 1. The van der Waals surface area contributed by atoms with E-state index in [2.05, 4.69) is 31.0 Å². The number of nitrogens with zero attached hydrogens (tertiary/aromatic N) is 2. The van der Waals surface area contributed by atoms with Gasteiger partial charge in [0.25, 0.3) is 11.7 Å². The van der Waals surface area contributed by atoms with E-state index >= 15 is 0 Å². The first kappa shape index (κ1) is 23.2. The van der Waals surface area contributed by atoms with E-state index in [1.807, 2.05) is 42.5 Å². The van der Waals surface area contributed by atoms with Crippen molar-refractivity contribution in [3.8, 4) is 0 Å². The van der Waals surface area contributed by atoms with Crippen molar-refractivity contribution in [1.29, 1.82) is 0 Å². The van der Waals surface area contributed by atoms with Crippen molar-refractivity contribution < 1.29 is 14.7 Å². The first-order valence-electron chi connectivity index (χ1n) is 11.6. The molecule has 2 aliphatic rings. The Morgan fingerprint density at radius 1 is 0.970 bits per heavy atom. The summed E-state index contributed by atoms with van der Waals surface area (Å²) in [6, 6.07) is 16.4. The van der Waals surface area contributed by atoms with Crippen LogP contribution in [0.2, 0.25) is 0 Å². The normalized spacial score (nSPS) is 21.5. The van der Waals surface area contributed by atoms with Gasteiger partial charge in [0.15, 0.2) is 0 Å². The molecule has 2 aromatic carbocycles. The summed E-state index contributed by atoms with van der Waals surface area (Å²) < 4.78 is 0. The van der Waals surface area contributed by atoms with Gasteiger partial charge in [0.05, 0.1) is 11.6 Å². The lowest BCUT2D eigenvalue weighted by molar-refractivity contribution is -0.140. The van der Waals surface area contributed by atoms with Crippen molar-refractivity contribution in [2.24, 2.45) is 0 Å². The van der Waals surface area contributed by atoms with Crippen LogP contribution in [0.1, 0.15) is 43.5 Å². The van der Waals surface area contributed by atoms with E-state index in [9.17, 15) is 14.7 Å². The molecule has 2 saturated heterocycles. The lowest BCUT2D eigenvalue weighted by Crippen LogP contribution is -2.46. The number of hydrogen-bond acceptors (Lipinski definition) is 5. The third-order valence-corrected chi connectivity index (χ3v) is 6.55. The monoisotopic (exact) mass is 447 g/mol. The number of aliphatic hydroxyl groups is 1. The Labute approximate surface area is 195 Å². The summed E-state index contributed by atoms with van der Waals surface area (Å²) in [5.74, 6) is -1.29. The van der Waals surface area contributed by atoms with Crippen LogP contribution in [0.5, 0.6) is 0 Å². The van der Waals surface area contributed by atoms with Crippen molar-refractivity contribution in [3.05, 3.63) is 76.9 Å². The highest BCUT2D eigenvalue weighted by molar-refractivity contribution is 6.46. The Kier molecular flexibility index (Phi) is 6.68. The number of piperazine rings is 1. The van der Waals surface area contributed by atoms with E-state index in [4.69, 9.17) is 0 Å². The number of carbonyl (C=O) groups is 2. The van der Waals surface area contributed by atoms with Gasteiger partial charge in [-0.25, -0.2) is 0 Å². The molecular formula is C27H33N3O3. The minimum absolute atomic E-state index is 0.00727. The Balaban J connectivity index is 1.73. The maximum absolute atomic E-state index is 13.2. The van der Waals surface area contributed by atoms with Crippen LogP contribution in [-0.2, 0) is 15.0 Å². The molecule has 0 saturated carbocycles. The zero-order valence-electron chi connectivity index (χ0n) is 19.7. The highest BCUT2D eigenvalue weighted by Gasteiger charge is 2.46. The highest BCUT2D eigenvalue weighted by atomic mass is 16.3. The molecule has 0 aromatic heterocycles. The second-order valence-electron chi connectivity index (χ2n) is 9.82. The minimum atomic E-state index is -0.624. The van der Waals surface area contributed by atoms with Gasteiger partial charge >= 0.3 is 0 Å². The van der Waals surface area contributed by atoms with Crippen LogP contribution in [0.15, 0.2) is 60.2 Å². The Bertz CT molecular complexity index is 1030. The Morgan fingerprint density at radius 3 is 2.21 bits per heavy atom. The van der Waals surface area contributed by atoms with Gasteiger partial charge in [-0.3, -0.25) is 14.5 Å². The molecule has 6 nitrogen and oxygen atoms in total. The SMILES string of the molecule is CC(C)(C)c1ccc([C@@H]2C(=C(O)c3ccccc3)C(=O)C(=O)N2CCN2CCNCC2)cc1. The van der Waals surface area contributed by atoms with Crippen LogP contribution in [0, 0.1) is 0 Å². The summed E-state index contributed by atoms with van der Waals surface area (Å²) in [4.78, 5) is 30.2. The molecule has 1 amide bonds. The van der Waals surface area contributed by atoms with Crippen LogP contribution < -0.4 is 5.32 Å². The van der Waals surface area contributed by atoms with Crippen molar-refractivity contribution in [2.45, 2.75) is 32.2 Å². The molecule has 2 N–H and O–H groups in total. The zero-order valence-corrected chi connectivity index (χ0v) is 19.7. The number of hydrogen-bond donors (Lipinski definition) is 2. The molecule has 0 spiro atoms. The van der Waals surface area contributed by atoms with E-state index in [1.54, 1.807) is 17.0 Å². The average molecular weight is 448 g/mol. The van der Waals surface area contributed by atoms with Gasteiger partial charge < -0.3 is 15.3 Å². The molecule has 0 aliphatic carbocycles. The Hall–Kier alpha value is -2.96. The number of nitrogens with one attached hydrogen (secondary N) is 1. The fraction of sp³-hybridized carbons (Fsp3) is 0.407. The molecule has 0 unspecified atom stereocenters. The van der Waals surface area contributed by atoms with Gasteiger partial charge in [-0.15, -0.1) is 0 Å². The first-order valence-corrected chi connectivity index (χ1v) is 11.6. The lowest BCUT2D eigenvalue weighted by atomic mass is 9.85.